The number of methoxy groups -OCH3 is 1. The molecule has 1 unspecified atom stereocenters. The number of nitrogens with zero attached hydrogens (tertiary/aromatic N) is 2. The first-order chi connectivity index (χ1) is 15.6. The molecule has 0 saturated carbocycles. The molecule has 4 rings (SSSR count). The molecule has 0 radical (unpaired) electrons. The lowest BCUT2D eigenvalue weighted by Gasteiger charge is -2.26. The molecule has 2 amide bonds. The number of hydrogen-bond acceptors (Lipinski definition) is 4. The van der Waals surface area contributed by atoms with Gasteiger partial charge in [0, 0.05) is 12.0 Å². The lowest BCUT2D eigenvalue weighted by molar-refractivity contribution is 0.0606. The van der Waals surface area contributed by atoms with E-state index in [9.17, 15) is 9.18 Å². The number of rotatable bonds is 7. The van der Waals surface area contributed by atoms with Crippen molar-refractivity contribution in [3.63, 3.8) is 0 Å². The number of carbonyl (C=O) groups is 1. The van der Waals surface area contributed by atoms with Crippen LogP contribution in [0.1, 0.15) is 17.5 Å². The molecule has 0 bridgehead atoms. The minimum Gasteiger partial charge on any atom is -0.495 e. The van der Waals surface area contributed by atoms with Crippen LogP contribution in [0, 0.1) is 5.82 Å². The van der Waals surface area contributed by atoms with Crippen LogP contribution >= 0.6 is 0 Å². The van der Waals surface area contributed by atoms with Crippen molar-refractivity contribution in [2.75, 3.05) is 19.0 Å². The van der Waals surface area contributed by atoms with Crippen molar-refractivity contribution < 1.29 is 18.8 Å². The standard InChI is InChI=1S/C25H24FN3O3/c1-31-24-14-8-7-13-22(24)27-25(30)29(16-19-11-5-6-12-21(19)26)17-20-15-23(28-32-20)18-9-3-2-4-10-18/h2-14,20H,15-17H2,1H3,(H,27,30). The summed E-state index contributed by atoms with van der Waals surface area (Å²) >= 11 is 0. The van der Waals surface area contributed by atoms with E-state index in [1.54, 1.807) is 36.4 Å². The van der Waals surface area contributed by atoms with Crippen molar-refractivity contribution in [1.82, 2.24) is 4.90 Å². The van der Waals surface area contributed by atoms with Gasteiger partial charge in [-0.1, -0.05) is 65.8 Å². The number of para-hydroxylation sites is 2. The van der Waals surface area contributed by atoms with Crippen molar-refractivity contribution in [1.29, 1.82) is 0 Å². The van der Waals surface area contributed by atoms with E-state index in [-0.39, 0.29) is 31.0 Å². The molecule has 7 heteroatoms. The second-order valence-electron chi connectivity index (χ2n) is 7.44. The SMILES string of the molecule is COc1ccccc1NC(=O)N(Cc1ccccc1F)CC1CC(c2ccccc2)=NO1. The number of halogens is 1. The molecule has 1 atom stereocenters. The Balaban J connectivity index is 1.50. The van der Waals surface area contributed by atoms with E-state index in [0.29, 0.717) is 23.4 Å². The second kappa shape index (κ2) is 9.96. The van der Waals surface area contributed by atoms with Crippen LogP contribution < -0.4 is 10.1 Å². The highest BCUT2D eigenvalue weighted by molar-refractivity contribution is 6.01. The lowest BCUT2D eigenvalue weighted by Crippen LogP contribution is -2.40. The molecule has 32 heavy (non-hydrogen) atoms. The number of ether oxygens (including phenoxy) is 1. The van der Waals surface area contributed by atoms with E-state index >= 15 is 0 Å². The molecule has 1 aliphatic rings. The zero-order valence-corrected chi connectivity index (χ0v) is 17.7. The first-order valence-electron chi connectivity index (χ1n) is 10.3. The molecule has 0 saturated heterocycles. The van der Waals surface area contributed by atoms with E-state index in [1.165, 1.54) is 18.1 Å². The molecule has 3 aromatic carbocycles. The van der Waals surface area contributed by atoms with Crippen LogP contribution in [0.2, 0.25) is 0 Å². The number of hydrogen-bond donors (Lipinski definition) is 1. The second-order valence-corrected chi connectivity index (χ2v) is 7.44. The van der Waals surface area contributed by atoms with Gasteiger partial charge in [-0.25, -0.2) is 9.18 Å². The van der Waals surface area contributed by atoms with E-state index in [2.05, 4.69) is 10.5 Å². The smallest absolute Gasteiger partial charge is 0.322 e. The monoisotopic (exact) mass is 433 g/mol. The Kier molecular flexibility index (Phi) is 6.65. The van der Waals surface area contributed by atoms with Gasteiger partial charge in [0.1, 0.15) is 11.6 Å². The minimum absolute atomic E-state index is 0.0915. The predicted molar refractivity (Wildman–Crippen MR) is 121 cm³/mol. The summed E-state index contributed by atoms with van der Waals surface area (Å²) in [5.41, 5.74) is 2.76. The summed E-state index contributed by atoms with van der Waals surface area (Å²) in [6.45, 7) is 0.337. The molecule has 0 fully saturated rings. The zero-order chi connectivity index (χ0) is 22.3. The number of carbonyl (C=O) groups excluding carboxylic acids is 1. The topological polar surface area (TPSA) is 63.2 Å². The Labute approximate surface area is 186 Å². The zero-order valence-electron chi connectivity index (χ0n) is 17.7. The van der Waals surface area contributed by atoms with Crippen LogP contribution in [0.5, 0.6) is 5.75 Å². The number of anilines is 1. The maximum absolute atomic E-state index is 14.3. The van der Waals surface area contributed by atoms with Gasteiger partial charge >= 0.3 is 6.03 Å². The fourth-order valence-corrected chi connectivity index (χ4v) is 3.57. The number of oxime groups is 1. The predicted octanol–water partition coefficient (Wildman–Crippen LogP) is 5.06. The molecule has 1 aliphatic heterocycles. The van der Waals surface area contributed by atoms with Gasteiger partial charge in [0.2, 0.25) is 0 Å². The van der Waals surface area contributed by atoms with Crippen LogP contribution in [0.3, 0.4) is 0 Å². The molecule has 164 valence electrons. The third-order valence-electron chi connectivity index (χ3n) is 5.22. The van der Waals surface area contributed by atoms with Gasteiger partial charge in [-0.2, -0.15) is 0 Å². The molecule has 1 heterocycles. The molecule has 6 nitrogen and oxygen atoms in total. The van der Waals surface area contributed by atoms with E-state index in [1.807, 2.05) is 36.4 Å². The third kappa shape index (κ3) is 5.06. The van der Waals surface area contributed by atoms with E-state index < -0.39 is 0 Å². The molecule has 0 aliphatic carbocycles. The average molecular weight is 433 g/mol. The van der Waals surface area contributed by atoms with Crippen molar-refractivity contribution in [3.05, 3.63) is 95.8 Å². The third-order valence-corrected chi connectivity index (χ3v) is 5.22. The summed E-state index contributed by atoms with van der Waals surface area (Å²) < 4.78 is 19.6. The first-order valence-corrected chi connectivity index (χ1v) is 10.3. The molecular weight excluding hydrogens is 409 g/mol. The van der Waals surface area contributed by atoms with E-state index in [0.717, 1.165) is 11.3 Å². The van der Waals surface area contributed by atoms with Crippen LogP contribution in [0.15, 0.2) is 84.0 Å². The van der Waals surface area contributed by atoms with Crippen LogP contribution in [0.4, 0.5) is 14.9 Å². The van der Waals surface area contributed by atoms with Gasteiger partial charge in [-0.3, -0.25) is 0 Å². The fraction of sp³-hybridized carbons (Fsp3) is 0.200. The summed E-state index contributed by atoms with van der Waals surface area (Å²) in [4.78, 5) is 20.3. The normalized spacial score (nSPS) is 14.9. The molecule has 3 aromatic rings. The number of amides is 2. The van der Waals surface area contributed by atoms with E-state index in [4.69, 9.17) is 9.57 Å². The largest absolute Gasteiger partial charge is 0.495 e. The van der Waals surface area contributed by atoms with Crippen LogP contribution in [0.25, 0.3) is 0 Å². The quantitative estimate of drug-likeness (QED) is 0.566. The van der Waals surface area contributed by atoms with Crippen LogP contribution in [-0.2, 0) is 11.4 Å². The lowest BCUT2D eigenvalue weighted by atomic mass is 10.0. The van der Waals surface area contributed by atoms with Crippen LogP contribution in [-0.4, -0.2) is 36.4 Å². The maximum atomic E-state index is 14.3. The Morgan fingerprint density at radius 1 is 1.09 bits per heavy atom. The summed E-state index contributed by atoms with van der Waals surface area (Å²) in [6, 6.07) is 22.9. The van der Waals surface area contributed by atoms with Crippen molar-refractivity contribution in [3.8, 4) is 5.75 Å². The highest BCUT2D eigenvalue weighted by Gasteiger charge is 2.27. The van der Waals surface area contributed by atoms with Gasteiger partial charge < -0.3 is 19.8 Å². The van der Waals surface area contributed by atoms with Gasteiger partial charge in [0.25, 0.3) is 0 Å². The Morgan fingerprint density at radius 3 is 2.59 bits per heavy atom. The Morgan fingerprint density at radius 2 is 1.81 bits per heavy atom. The fourth-order valence-electron chi connectivity index (χ4n) is 3.57. The molecular formula is C25H24FN3O3. The van der Waals surface area contributed by atoms with Gasteiger partial charge in [0.15, 0.2) is 6.10 Å². The van der Waals surface area contributed by atoms with Gasteiger partial charge in [0.05, 0.1) is 31.6 Å². The summed E-state index contributed by atoms with van der Waals surface area (Å²) in [7, 11) is 1.54. The molecule has 1 N–H and O–H groups in total. The average Bonchev–Trinajstić information content (AvgIpc) is 3.29. The highest BCUT2D eigenvalue weighted by Crippen LogP contribution is 2.25. The van der Waals surface area contributed by atoms with Crippen molar-refractivity contribution in [2.45, 2.75) is 19.1 Å². The maximum Gasteiger partial charge on any atom is 0.322 e. The Bertz CT molecular complexity index is 1100. The first kappa shape index (κ1) is 21.4. The molecule has 0 spiro atoms. The van der Waals surface area contributed by atoms with Gasteiger partial charge in [-0.15, -0.1) is 0 Å². The summed E-state index contributed by atoms with van der Waals surface area (Å²) in [6.07, 6.45) is 0.222. The highest BCUT2D eigenvalue weighted by atomic mass is 19.1. The number of nitrogens with one attached hydrogen (secondary N) is 1. The number of benzene rings is 3. The summed E-state index contributed by atoms with van der Waals surface area (Å²) in [5.74, 6) is 0.176. The number of urea groups is 1. The van der Waals surface area contributed by atoms with Crippen molar-refractivity contribution >= 4 is 17.4 Å². The van der Waals surface area contributed by atoms with Crippen molar-refractivity contribution in [2.24, 2.45) is 5.16 Å². The summed E-state index contributed by atoms with van der Waals surface area (Å²) in [5, 5.41) is 7.06. The Hall–Kier alpha value is -3.87. The minimum atomic E-state index is -0.380. The molecule has 0 aromatic heterocycles. The van der Waals surface area contributed by atoms with Gasteiger partial charge in [-0.05, 0) is 23.8 Å².